The number of carbonyl (C=O) groups is 1. The number of ether oxygens (including phenoxy) is 1. The number of hydrogen-bond acceptors (Lipinski definition) is 7. The number of anilines is 2. The van der Waals surface area contributed by atoms with Crippen LogP contribution in [0, 0.1) is 6.92 Å². The predicted molar refractivity (Wildman–Crippen MR) is 107 cm³/mol. The summed E-state index contributed by atoms with van der Waals surface area (Å²) in [6.07, 6.45) is 1.99. The number of nitrogens with two attached hydrogens (primary N) is 1. The number of rotatable bonds is 9. The van der Waals surface area contributed by atoms with Crippen LogP contribution >= 0.6 is 0 Å². The lowest BCUT2D eigenvalue weighted by atomic mass is 9.99. The summed E-state index contributed by atoms with van der Waals surface area (Å²) in [6.45, 7) is 5.77. The lowest BCUT2D eigenvalue weighted by Gasteiger charge is -2.26. The second-order valence-corrected chi connectivity index (χ2v) is 6.85. The first-order valence-corrected chi connectivity index (χ1v) is 9.25. The van der Waals surface area contributed by atoms with Crippen molar-refractivity contribution in [3.05, 3.63) is 40.6 Å². The van der Waals surface area contributed by atoms with Gasteiger partial charge < -0.3 is 15.6 Å². The van der Waals surface area contributed by atoms with E-state index in [1.54, 1.807) is 25.3 Å². The summed E-state index contributed by atoms with van der Waals surface area (Å²) in [5.41, 5.74) is 8.63. The molecule has 1 aromatic heterocycles. The quantitative estimate of drug-likeness (QED) is 0.561. The van der Waals surface area contributed by atoms with E-state index in [2.05, 4.69) is 9.97 Å². The standard InChI is InChI=1S/C20H28N4O4/c1-5-6-12(2)24(27)19-16(13(3)22-20(21)23-19)11-15-9-14(10-18(25)26)7-8-17(15)28-4/h7-9,12,27H,5-6,10-11H2,1-4H3,(H,25,26)(H2,21,22,23). The minimum atomic E-state index is -0.904. The minimum Gasteiger partial charge on any atom is -0.496 e. The largest absolute Gasteiger partial charge is 0.496 e. The van der Waals surface area contributed by atoms with Crippen molar-refractivity contribution in [1.82, 2.24) is 9.97 Å². The van der Waals surface area contributed by atoms with Crippen molar-refractivity contribution in [2.75, 3.05) is 17.9 Å². The first kappa shape index (κ1) is 21.4. The summed E-state index contributed by atoms with van der Waals surface area (Å²) in [6, 6.07) is 5.13. The van der Waals surface area contributed by atoms with Crippen LogP contribution in [0.25, 0.3) is 0 Å². The Bertz CT molecular complexity index is 841. The summed E-state index contributed by atoms with van der Waals surface area (Å²) in [5, 5.41) is 20.9. The molecule has 28 heavy (non-hydrogen) atoms. The number of aryl methyl sites for hydroxylation is 1. The monoisotopic (exact) mass is 388 g/mol. The molecular weight excluding hydrogens is 360 g/mol. The Labute approximate surface area is 164 Å². The fourth-order valence-corrected chi connectivity index (χ4v) is 3.19. The van der Waals surface area contributed by atoms with Crippen LogP contribution in [0.1, 0.15) is 49.1 Å². The zero-order chi connectivity index (χ0) is 20.8. The summed E-state index contributed by atoms with van der Waals surface area (Å²) in [5.74, 6) is 0.170. The molecule has 152 valence electrons. The molecule has 0 saturated carbocycles. The van der Waals surface area contributed by atoms with Crippen molar-refractivity contribution < 1.29 is 19.8 Å². The Balaban J connectivity index is 2.49. The molecule has 4 N–H and O–H groups in total. The average molecular weight is 388 g/mol. The molecule has 1 aromatic carbocycles. The molecule has 0 amide bonds. The van der Waals surface area contributed by atoms with Crippen molar-refractivity contribution in [1.29, 1.82) is 0 Å². The third kappa shape index (κ3) is 5.10. The number of carboxylic acids is 1. The fraction of sp³-hybridized carbons (Fsp3) is 0.450. The Hall–Kier alpha value is -2.87. The van der Waals surface area contributed by atoms with Gasteiger partial charge in [-0.15, -0.1) is 0 Å². The van der Waals surface area contributed by atoms with E-state index >= 15 is 0 Å². The van der Waals surface area contributed by atoms with Crippen LogP contribution in [-0.2, 0) is 17.6 Å². The molecule has 0 aliphatic heterocycles. The van der Waals surface area contributed by atoms with E-state index in [1.807, 2.05) is 20.8 Å². The summed E-state index contributed by atoms with van der Waals surface area (Å²) < 4.78 is 5.44. The SMILES string of the molecule is CCCC(C)N(O)c1nc(N)nc(C)c1Cc1cc(CC(=O)O)ccc1OC. The van der Waals surface area contributed by atoms with E-state index in [1.165, 1.54) is 0 Å². The van der Waals surface area contributed by atoms with Crippen LogP contribution in [-0.4, -0.2) is 39.4 Å². The van der Waals surface area contributed by atoms with Gasteiger partial charge in [-0.25, -0.2) is 10.0 Å². The highest BCUT2D eigenvalue weighted by molar-refractivity contribution is 5.70. The number of hydroxylamine groups is 1. The van der Waals surface area contributed by atoms with Gasteiger partial charge in [0.1, 0.15) is 5.75 Å². The molecule has 0 saturated heterocycles. The van der Waals surface area contributed by atoms with E-state index in [0.717, 1.165) is 23.5 Å². The number of nitrogen functional groups attached to an aromatic ring is 1. The zero-order valence-corrected chi connectivity index (χ0v) is 16.8. The van der Waals surface area contributed by atoms with Gasteiger partial charge in [-0.05, 0) is 37.5 Å². The molecule has 0 fully saturated rings. The van der Waals surface area contributed by atoms with Crippen LogP contribution in [0.3, 0.4) is 0 Å². The maximum absolute atomic E-state index is 11.1. The van der Waals surface area contributed by atoms with E-state index in [0.29, 0.717) is 34.8 Å². The smallest absolute Gasteiger partial charge is 0.307 e. The van der Waals surface area contributed by atoms with Gasteiger partial charge in [0.15, 0.2) is 5.82 Å². The number of hydrogen-bond donors (Lipinski definition) is 3. The normalized spacial score (nSPS) is 11.9. The van der Waals surface area contributed by atoms with E-state index in [-0.39, 0.29) is 18.4 Å². The molecule has 0 aliphatic rings. The first-order valence-electron chi connectivity index (χ1n) is 9.25. The number of carboxylic acid groups (broad SMARTS) is 1. The molecule has 8 heteroatoms. The maximum Gasteiger partial charge on any atom is 0.307 e. The van der Waals surface area contributed by atoms with Crippen molar-refractivity contribution in [3.63, 3.8) is 0 Å². The molecule has 2 rings (SSSR count). The predicted octanol–water partition coefficient (Wildman–Crippen LogP) is 2.98. The molecule has 2 aromatic rings. The summed E-state index contributed by atoms with van der Waals surface area (Å²) in [4.78, 5) is 19.6. The Morgan fingerprint density at radius 1 is 1.36 bits per heavy atom. The van der Waals surface area contributed by atoms with Crippen LogP contribution in [0.15, 0.2) is 18.2 Å². The van der Waals surface area contributed by atoms with Crippen LogP contribution in [0.4, 0.5) is 11.8 Å². The van der Waals surface area contributed by atoms with Crippen LogP contribution < -0.4 is 15.5 Å². The molecule has 8 nitrogen and oxygen atoms in total. The third-order valence-corrected chi connectivity index (χ3v) is 4.62. The van der Waals surface area contributed by atoms with Gasteiger partial charge in [0.2, 0.25) is 5.95 Å². The highest BCUT2D eigenvalue weighted by Crippen LogP contribution is 2.30. The van der Waals surface area contributed by atoms with E-state index in [9.17, 15) is 10.0 Å². The van der Waals surface area contributed by atoms with Crippen molar-refractivity contribution in [2.24, 2.45) is 0 Å². The molecule has 0 spiro atoms. The highest BCUT2D eigenvalue weighted by Gasteiger charge is 2.21. The topological polar surface area (TPSA) is 122 Å². The second-order valence-electron chi connectivity index (χ2n) is 6.85. The van der Waals surface area contributed by atoms with Gasteiger partial charge >= 0.3 is 5.97 Å². The number of aliphatic carboxylic acids is 1. The second kappa shape index (κ2) is 9.36. The van der Waals surface area contributed by atoms with Crippen molar-refractivity contribution >= 4 is 17.7 Å². The average Bonchev–Trinajstić information content (AvgIpc) is 2.63. The van der Waals surface area contributed by atoms with Gasteiger partial charge in [0, 0.05) is 17.7 Å². The zero-order valence-electron chi connectivity index (χ0n) is 16.8. The minimum absolute atomic E-state index is 0.0826. The van der Waals surface area contributed by atoms with Gasteiger partial charge in [-0.2, -0.15) is 4.98 Å². The molecular formula is C20H28N4O4. The molecule has 1 unspecified atom stereocenters. The van der Waals surface area contributed by atoms with Gasteiger partial charge in [-0.3, -0.25) is 10.0 Å². The Morgan fingerprint density at radius 2 is 2.07 bits per heavy atom. The maximum atomic E-state index is 11.1. The molecule has 0 aliphatic carbocycles. The number of nitrogens with zero attached hydrogens (tertiary/aromatic N) is 3. The number of benzene rings is 1. The fourth-order valence-electron chi connectivity index (χ4n) is 3.19. The third-order valence-electron chi connectivity index (χ3n) is 4.62. The van der Waals surface area contributed by atoms with Gasteiger partial charge in [0.05, 0.1) is 19.6 Å². The molecule has 1 heterocycles. The lowest BCUT2D eigenvalue weighted by Crippen LogP contribution is -2.31. The Kier molecular flexibility index (Phi) is 7.17. The van der Waals surface area contributed by atoms with Gasteiger partial charge in [0.25, 0.3) is 0 Å². The van der Waals surface area contributed by atoms with Crippen molar-refractivity contribution in [2.45, 2.75) is 52.5 Å². The summed E-state index contributed by atoms with van der Waals surface area (Å²) >= 11 is 0. The van der Waals surface area contributed by atoms with Crippen LogP contribution in [0.2, 0.25) is 0 Å². The number of methoxy groups -OCH3 is 1. The van der Waals surface area contributed by atoms with E-state index < -0.39 is 5.97 Å². The molecule has 0 bridgehead atoms. The molecule has 0 radical (unpaired) electrons. The summed E-state index contributed by atoms with van der Waals surface area (Å²) in [7, 11) is 1.56. The van der Waals surface area contributed by atoms with Crippen LogP contribution in [0.5, 0.6) is 5.75 Å². The first-order chi connectivity index (χ1) is 13.3. The Morgan fingerprint density at radius 3 is 2.68 bits per heavy atom. The van der Waals surface area contributed by atoms with E-state index in [4.69, 9.17) is 15.6 Å². The highest BCUT2D eigenvalue weighted by atomic mass is 16.5. The lowest BCUT2D eigenvalue weighted by molar-refractivity contribution is -0.136. The van der Waals surface area contributed by atoms with Gasteiger partial charge in [-0.1, -0.05) is 25.5 Å². The van der Waals surface area contributed by atoms with Crippen molar-refractivity contribution in [3.8, 4) is 5.75 Å². The number of aromatic nitrogens is 2. The molecule has 1 atom stereocenters.